The molecule has 3 amide bonds. The molecular weight excluding hydrogens is 534 g/mol. The van der Waals surface area contributed by atoms with Gasteiger partial charge in [0.1, 0.15) is 29.2 Å². The molecule has 9 heteroatoms. The summed E-state index contributed by atoms with van der Waals surface area (Å²) in [6.45, 7) is 7.51. The summed E-state index contributed by atoms with van der Waals surface area (Å²) in [5.41, 5.74) is 1.13. The van der Waals surface area contributed by atoms with Gasteiger partial charge < -0.3 is 30.1 Å². The van der Waals surface area contributed by atoms with Gasteiger partial charge in [0.25, 0.3) is 5.91 Å². The Morgan fingerprint density at radius 2 is 1.57 bits per heavy atom. The molecular formula is C33H41N3O6. The first-order valence-electron chi connectivity index (χ1n) is 14.1. The Kier molecular flexibility index (Phi) is 11.4. The summed E-state index contributed by atoms with van der Waals surface area (Å²) < 4.78 is 10.7. The van der Waals surface area contributed by atoms with E-state index in [9.17, 15) is 19.5 Å². The number of amides is 3. The van der Waals surface area contributed by atoms with Crippen LogP contribution in [0.25, 0.3) is 0 Å². The molecule has 0 aromatic heterocycles. The van der Waals surface area contributed by atoms with Gasteiger partial charge in [-0.2, -0.15) is 0 Å². The van der Waals surface area contributed by atoms with Crippen LogP contribution in [0, 0.1) is 0 Å². The fourth-order valence-corrected chi connectivity index (χ4v) is 4.41. The molecule has 0 saturated heterocycles. The fourth-order valence-electron chi connectivity index (χ4n) is 4.41. The molecule has 0 aliphatic carbocycles. The van der Waals surface area contributed by atoms with Crippen molar-refractivity contribution in [2.45, 2.75) is 64.6 Å². The Morgan fingerprint density at radius 1 is 0.929 bits per heavy atom. The first kappa shape index (κ1) is 32.0. The van der Waals surface area contributed by atoms with Crippen LogP contribution in [0.1, 0.15) is 57.7 Å². The first-order chi connectivity index (χ1) is 20.0. The highest BCUT2D eigenvalue weighted by Gasteiger charge is 2.36. The summed E-state index contributed by atoms with van der Waals surface area (Å²) in [4.78, 5) is 42.7. The molecule has 0 aliphatic rings. The number of rotatable bonds is 12. The third-order valence-corrected chi connectivity index (χ3v) is 6.43. The standard InChI is InChI=1S/C33H41N3O6/c1-6-7-21-36(29(24-11-9-8-10-12-24)30(38)34-25-15-19-27(41-5)20-16-25)31(39)28(35-32(40)42-33(2,3)4)22-23-13-17-26(37)18-14-23/h8-20,28-29,37H,6-7,21-22H2,1-5H3,(H,34,38)(H,35,40). The molecule has 9 nitrogen and oxygen atoms in total. The van der Waals surface area contributed by atoms with Crippen molar-refractivity contribution in [3.63, 3.8) is 0 Å². The lowest BCUT2D eigenvalue weighted by Crippen LogP contribution is -2.53. The van der Waals surface area contributed by atoms with Gasteiger partial charge in [-0.15, -0.1) is 0 Å². The number of unbranched alkanes of at least 4 members (excludes halogenated alkanes) is 1. The number of methoxy groups -OCH3 is 1. The van der Waals surface area contributed by atoms with E-state index in [4.69, 9.17) is 9.47 Å². The van der Waals surface area contributed by atoms with Crippen LogP contribution in [-0.4, -0.2) is 53.2 Å². The lowest BCUT2D eigenvalue weighted by Gasteiger charge is -2.34. The molecule has 0 heterocycles. The van der Waals surface area contributed by atoms with Crippen LogP contribution >= 0.6 is 0 Å². The Balaban J connectivity index is 2.01. The van der Waals surface area contributed by atoms with Gasteiger partial charge in [-0.05, 0) is 74.7 Å². The van der Waals surface area contributed by atoms with E-state index >= 15 is 0 Å². The largest absolute Gasteiger partial charge is 0.508 e. The average Bonchev–Trinajstić information content (AvgIpc) is 2.95. The highest BCUT2D eigenvalue weighted by Crippen LogP contribution is 2.26. The van der Waals surface area contributed by atoms with Crippen LogP contribution in [0.3, 0.4) is 0 Å². The van der Waals surface area contributed by atoms with Crippen molar-refractivity contribution in [3.05, 3.63) is 90.0 Å². The highest BCUT2D eigenvalue weighted by atomic mass is 16.6. The van der Waals surface area contributed by atoms with Gasteiger partial charge in [0, 0.05) is 18.7 Å². The predicted octanol–water partition coefficient (Wildman–Crippen LogP) is 5.85. The summed E-state index contributed by atoms with van der Waals surface area (Å²) in [7, 11) is 1.57. The van der Waals surface area contributed by atoms with Crippen LogP contribution in [0.4, 0.5) is 10.5 Å². The summed E-state index contributed by atoms with van der Waals surface area (Å²) in [6.07, 6.45) is 0.813. The topological polar surface area (TPSA) is 117 Å². The van der Waals surface area contributed by atoms with Gasteiger partial charge in [0.2, 0.25) is 5.91 Å². The molecule has 3 aromatic carbocycles. The number of phenols is 1. The number of phenolic OH excluding ortho intramolecular Hbond substituents is 1. The van der Waals surface area contributed by atoms with E-state index in [0.717, 1.165) is 12.0 Å². The molecule has 3 rings (SSSR count). The molecule has 0 aliphatic heterocycles. The number of anilines is 1. The predicted molar refractivity (Wildman–Crippen MR) is 162 cm³/mol. The molecule has 3 N–H and O–H groups in total. The maximum Gasteiger partial charge on any atom is 0.408 e. The van der Waals surface area contributed by atoms with E-state index in [1.807, 2.05) is 25.1 Å². The molecule has 42 heavy (non-hydrogen) atoms. The summed E-state index contributed by atoms with van der Waals surface area (Å²) in [5.74, 6) is -0.0825. The molecule has 3 aromatic rings. The van der Waals surface area contributed by atoms with Crippen LogP contribution in [0.2, 0.25) is 0 Å². The molecule has 0 saturated carbocycles. The van der Waals surface area contributed by atoms with Crippen molar-refractivity contribution < 1.29 is 29.0 Å². The van der Waals surface area contributed by atoms with Crippen molar-refractivity contribution in [3.8, 4) is 11.5 Å². The number of ether oxygens (including phenoxy) is 2. The Morgan fingerprint density at radius 3 is 2.14 bits per heavy atom. The number of alkyl carbamates (subject to hydrolysis) is 1. The van der Waals surface area contributed by atoms with Gasteiger partial charge >= 0.3 is 6.09 Å². The third kappa shape index (κ3) is 9.54. The minimum atomic E-state index is -1.04. The van der Waals surface area contributed by atoms with Crippen LogP contribution in [0.5, 0.6) is 11.5 Å². The molecule has 0 spiro atoms. The van der Waals surface area contributed by atoms with Gasteiger partial charge in [0.15, 0.2) is 0 Å². The second kappa shape index (κ2) is 14.9. The Bertz CT molecular complexity index is 1300. The second-order valence-electron chi connectivity index (χ2n) is 11.0. The SMILES string of the molecule is CCCCN(C(=O)C(Cc1ccc(O)cc1)NC(=O)OC(C)(C)C)C(C(=O)Nc1ccc(OC)cc1)c1ccccc1. The quantitative estimate of drug-likeness (QED) is 0.250. The van der Waals surface area contributed by atoms with Crippen molar-refractivity contribution in [2.24, 2.45) is 0 Å². The molecule has 2 unspecified atom stereocenters. The van der Waals surface area contributed by atoms with Gasteiger partial charge in [-0.1, -0.05) is 55.8 Å². The number of hydrogen-bond acceptors (Lipinski definition) is 6. The van der Waals surface area contributed by atoms with Crippen LogP contribution in [-0.2, 0) is 20.7 Å². The van der Waals surface area contributed by atoms with E-state index in [-0.39, 0.29) is 18.7 Å². The average molecular weight is 576 g/mol. The minimum absolute atomic E-state index is 0.0886. The zero-order valence-electron chi connectivity index (χ0n) is 24.9. The summed E-state index contributed by atoms with van der Waals surface area (Å²) in [5, 5.41) is 15.4. The Hall–Kier alpha value is -4.53. The third-order valence-electron chi connectivity index (χ3n) is 6.43. The summed E-state index contributed by atoms with van der Waals surface area (Å²) in [6, 6.07) is 20.4. The normalized spacial score (nSPS) is 12.5. The summed E-state index contributed by atoms with van der Waals surface area (Å²) >= 11 is 0. The number of carbonyl (C=O) groups is 3. The number of benzene rings is 3. The number of aromatic hydroxyl groups is 1. The smallest absolute Gasteiger partial charge is 0.408 e. The molecule has 2 atom stereocenters. The van der Waals surface area contributed by atoms with Gasteiger partial charge in [0.05, 0.1) is 7.11 Å². The zero-order valence-corrected chi connectivity index (χ0v) is 24.9. The zero-order chi connectivity index (χ0) is 30.7. The number of hydrogen-bond donors (Lipinski definition) is 3. The molecule has 0 bridgehead atoms. The van der Waals surface area contributed by atoms with Crippen molar-refractivity contribution in [1.29, 1.82) is 0 Å². The maximum atomic E-state index is 14.4. The highest BCUT2D eigenvalue weighted by molar-refractivity contribution is 5.99. The van der Waals surface area contributed by atoms with E-state index in [2.05, 4.69) is 10.6 Å². The van der Waals surface area contributed by atoms with Gasteiger partial charge in [-0.3, -0.25) is 9.59 Å². The van der Waals surface area contributed by atoms with E-state index in [1.54, 1.807) is 76.4 Å². The van der Waals surface area contributed by atoms with Crippen LogP contribution in [0.15, 0.2) is 78.9 Å². The monoisotopic (exact) mass is 575 g/mol. The lowest BCUT2D eigenvalue weighted by molar-refractivity contribution is -0.140. The fraction of sp³-hybridized carbons (Fsp3) is 0.364. The van der Waals surface area contributed by atoms with Crippen molar-refractivity contribution >= 4 is 23.6 Å². The number of nitrogens with one attached hydrogen (secondary N) is 2. The van der Waals surface area contributed by atoms with E-state index < -0.39 is 35.6 Å². The first-order valence-corrected chi connectivity index (χ1v) is 14.1. The van der Waals surface area contributed by atoms with E-state index in [0.29, 0.717) is 23.4 Å². The molecule has 224 valence electrons. The van der Waals surface area contributed by atoms with E-state index in [1.165, 1.54) is 17.0 Å². The molecule has 0 radical (unpaired) electrons. The second-order valence-corrected chi connectivity index (χ2v) is 11.0. The number of nitrogens with zero attached hydrogens (tertiary/aromatic N) is 1. The maximum absolute atomic E-state index is 14.4. The minimum Gasteiger partial charge on any atom is -0.508 e. The van der Waals surface area contributed by atoms with Crippen LogP contribution < -0.4 is 15.4 Å². The molecule has 0 fully saturated rings. The lowest BCUT2D eigenvalue weighted by atomic mass is 9.99. The van der Waals surface area contributed by atoms with Gasteiger partial charge in [-0.25, -0.2) is 4.79 Å². The number of carbonyl (C=O) groups excluding carboxylic acids is 3. The van der Waals surface area contributed by atoms with Crippen molar-refractivity contribution in [2.75, 3.05) is 19.0 Å². The Labute approximate surface area is 247 Å². The van der Waals surface area contributed by atoms with Crippen molar-refractivity contribution in [1.82, 2.24) is 10.2 Å².